The summed E-state index contributed by atoms with van der Waals surface area (Å²) >= 11 is 0. The van der Waals surface area contributed by atoms with E-state index in [1.807, 2.05) is 29.2 Å². The van der Waals surface area contributed by atoms with Crippen molar-refractivity contribution in [2.24, 2.45) is 0 Å². The van der Waals surface area contributed by atoms with Gasteiger partial charge >= 0.3 is 12.1 Å². The van der Waals surface area contributed by atoms with Crippen molar-refractivity contribution in [3.8, 4) is 0 Å². The van der Waals surface area contributed by atoms with Crippen LogP contribution in [0.1, 0.15) is 25.7 Å². The highest BCUT2D eigenvalue weighted by molar-refractivity contribution is 5.93. The summed E-state index contributed by atoms with van der Waals surface area (Å²) in [6, 6.07) is 7.40. The Bertz CT molecular complexity index is 665. The fourth-order valence-electron chi connectivity index (χ4n) is 3.92. The largest absolute Gasteiger partial charge is 0.447 e. The molecule has 0 aromatic heterocycles. The van der Waals surface area contributed by atoms with Crippen molar-refractivity contribution in [2.75, 3.05) is 36.5 Å². The standard InChI is InChI=1S/C18H23N3O4/c22-17(21-8-3-10-24-16-7-2-6-15(16)21)19-13-4-1-5-14(12-13)20-9-11-25-18(20)23/h1,4-5,12,15-16H,2-3,6-11H2,(H,19,22). The minimum Gasteiger partial charge on any atom is -0.447 e. The molecular formula is C18H23N3O4. The van der Waals surface area contributed by atoms with Gasteiger partial charge in [0.05, 0.1) is 18.7 Å². The molecule has 1 aromatic rings. The van der Waals surface area contributed by atoms with E-state index >= 15 is 0 Å². The van der Waals surface area contributed by atoms with Crippen LogP contribution >= 0.6 is 0 Å². The van der Waals surface area contributed by atoms with Crippen LogP contribution in [0.2, 0.25) is 0 Å². The molecule has 1 N–H and O–H groups in total. The first-order valence-electron chi connectivity index (χ1n) is 8.96. The molecule has 2 heterocycles. The summed E-state index contributed by atoms with van der Waals surface area (Å²) in [5, 5.41) is 2.98. The first-order chi connectivity index (χ1) is 12.2. The Morgan fingerprint density at radius 2 is 2.08 bits per heavy atom. The predicted molar refractivity (Wildman–Crippen MR) is 92.9 cm³/mol. The summed E-state index contributed by atoms with van der Waals surface area (Å²) in [4.78, 5) is 28.0. The first-order valence-corrected chi connectivity index (χ1v) is 8.96. The maximum absolute atomic E-state index is 12.8. The number of cyclic esters (lactones) is 1. The van der Waals surface area contributed by atoms with Gasteiger partial charge in [-0.2, -0.15) is 0 Å². The van der Waals surface area contributed by atoms with Crippen LogP contribution in [0.5, 0.6) is 0 Å². The minimum absolute atomic E-state index is 0.0939. The highest BCUT2D eigenvalue weighted by Crippen LogP contribution is 2.30. The van der Waals surface area contributed by atoms with Gasteiger partial charge in [-0.3, -0.25) is 4.90 Å². The lowest BCUT2D eigenvalue weighted by molar-refractivity contribution is 0.0413. The number of nitrogens with zero attached hydrogens (tertiary/aromatic N) is 2. The molecule has 2 saturated heterocycles. The van der Waals surface area contributed by atoms with Gasteiger partial charge in [0, 0.05) is 24.5 Å². The van der Waals surface area contributed by atoms with Crippen molar-refractivity contribution in [3.05, 3.63) is 24.3 Å². The van der Waals surface area contributed by atoms with Crippen LogP contribution in [0, 0.1) is 0 Å². The molecule has 25 heavy (non-hydrogen) atoms. The van der Waals surface area contributed by atoms with Gasteiger partial charge in [0.25, 0.3) is 0 Å². The third-order valence-corrected chi connectivity index (χ3v) is 5.12. The number of hydrogen-bond acceptors (Lipinski definition) is 4. The second-order valence-electron chi connectivity index (χ2n) is 6.70. The number of fused-ring (bicyclic) bond motifs is 1. The van der Waals surface area contributed by atoms with Crippen molar-refractivity contribution in [3.63, 3.8) is 0 Å². The normalized spacial score (nSPS) is 26.2. The topological polar surface area (TPSA) is 71.1 Å². The fourth-order valence-corrected chi connectivity index (χ4v) is 3.92. The van der Waals surface area contributed by atoms with E-state index in [1.165, 1.54) is 0 Å². The Morgan fingerprint density at radius 3 is 2.92 bits per heavy atom. The van der Waals surface area contributed by atoms with Crippen LogP contribution in [0.15, 0.2) is 24.3 Å². The van der Waals surface area contributed by atoms with Gasteiger partial charge in [0.15, 0.2) is 0 Å². The van der Waals surface area contributed by atoms with E-state index < -0.39 is 0 Å². The van der Waals surface area contributed by atoms with Crippen molar-refractivity contribution in [1.29, 1.82) is 0 Å². The predicted octanol–water partition coefficient (Wildman–Crippen LogP) is 2.82. The Labute approximate surface area is 146 Å². The second kappa shape index (κ2) is 6.92. The highest BCUT2D eigenvalue weighted by atomic mass is 16.6. The number of amides is 3. The number of hydrogen-bond donors (Lipinski definition) is 1. The summed E-state index contributed by atoms with van der Waals surface area (Å²) < 4.78 is 10.9. The molecule has 2 aliphatic heterocycles. The molecule has 7 heteroatoms. The van der Waals surface area contributed by atoms with Gasteiger partial charge in [-0.05, 0) is 43.9 Å². The average Bonchev–Trinajstić information content (AvgIpc) is 3.20. The maximum atomic E-state index is 12.8. The van der Waals surface area contributed by atoms with Crippen molar-refractivity contribution in [2.45, 2.75) is 37.8 Å². The third-order valence-electron chi connectivity index (χ3n) is 5.12. The molecule has 3 fully saturated rings. The number of anilines is 2. The van der Waals surface area contributed by atoms with Crippen LogP contribution in [0.25, 0.3) is 0 Å². The highest BCUT2D eigenvalue weighted by Gasteiger charge is 2.37. The molecule has 1 saturated carbocycles. The van der Waals surface area contributed by atoms with Crippen LogP contribution < -0.4 is 10.2 Å². The zero-order valence-corrected chi connectivity index (χ0v) is 14.1. The van der Waals surface area contributed by atoms with E-state index in [2.05, 4.69) is 5.32 Å². The van der Waals surface area contributed by atoms with Gasteiger partial charge in [0.2, 0.25) is 0 Å². The van der Waals surface area contributed by atoms with Crippen LogP contribution in [-0.2, 0) is 9.47 Å². The Balaban J connectivity index is 1.47. The molecule has 2 atom stereocenters. The van der Waals surface area contributed by atoms with Gasteiger partial charge in [0.1, 0.15) is 6.61 Å². The smallest absolute Gasteiger partial charge is 0.414 e. The number of benzene rings is 1. The summed E-state index contributed by atoms with van der Waals surface area (Å²) in [5.74, 6) is 0. The van der Waals surface area contributed by atoms with Gasteiger partial charge in [-0.15, -0.1) is 0 Å². The van der Waals surface area contributed by atoms with Crippen molar-refractivity contribution in [1.82, 2.24) is 4.90 Å². The summed E-state index contributed by atoms with van der Waals surface area (Å²) in [6.07, 6.45) is 3.81. The maximum Gasteiger partial charge on any atom is 0.414 e. The van der Waals surface area contributed by atoms with Crippen LogP contribution in [0.3, 0.4) is 0 Å². The molecule has 0 bridgehead atoms. The van der Waals surface area contributed by atoms with E-state index in [0.29, 0.717) is 25.4 Å². The number of carbonyl (C=O) groups is 2. The van der Waals surface area contributed by atoms with E-state index in [4.69, 9.17) is 9.47 Å². The average molecular weight is 345 g/mol. The zero-order chi connectivity index (χ0) is 17.2. The van der Waals surface area contributed by atoms with Crippen LogP contribution in [-0.4, -0.2) is 55.5 Å². The number of carbonyl (C=O) groups excluding carboxylic acids is 2. The molecule has 4 rings (SSSR count). The Kier molecular flexibility index (Phi) is 4.48. The molecule has 134 valence electrons. The molecular weight excluding hydrogens is 322 g/mol. The molecule has 0 spiro atoms. The molecule has 0 radical (unpaired) electrons. The van der Waals surface area contributed by atoms with Crippen molar-refractivity contribution < 1.29 is 19.1 Å². The van der Waals surface area contributed by atoms with E-state index in [1.54, 1.807) is 4.90 Å². The number of ether oxygens (including phenoxy) is 2. The molecule has 3 aliphatic rings. The van der Waals surface area contributed by atoms with E-state index in [9.17, 15) is 9.59 Å². The molecule has 2 unspecified atom stereocenters. The molecule has 1 aliphatic carbocycles. The van der Waals surface area contributed by atoms with E-state index in [0.717, 1.165) is 38.0 Å². The van der Waals surface area contributed by atoms with Crippen molar-refractivity contribution >= 4 is 23.5 Å². The summed E-state index contributed by atoms with van der Waals surface area (Å²) in [7, 11) is 0. The SMILES string of the molecule is O=C1OCCN1c1cccc(NC(=O)N2CCCOC3CCCC32)c1. The third kappa shape index (κ3) is 3.28. The lowest BCUT2D eigenvalue weighted by Crippen LogP contribution is -2.45. The van der Waals surface area contributed by atoms with Gasteiger partial charge in [-0.1, -0.05) is 6.07 Å². The Morgan fingerprint density at radius 1 is 1.16 bits per heavy atom. The summed E-state index contributed by atoms with van der Waals surface area (Å²) in [6.45, 7) is 2.36. The number of rotatable bonds is 2. The number of nitrogens with one attached hydrogen (secondary N) is 1. The zero-order valence-electron chi connectivity index (χ0n) is 14.1. The quantitative estimate of drug-likeness (QED) is 0.895. The fraction of sp³-hybridized carbons (Fsp3) is 0.556. The monoisotopic (exact) mass is 345 g/mol. The number of urea groups is 1. The molecule has 3 amide bonds. The second-order valence-corrected chi connectivity index (χ2v) is 6.70. The minimum atomic E-state index is -0.345. The Hall–Kier alpha value is -2.28. The summed E-state index contributed by atoms with van der Waals surface area (Å²) in [5.41, 5.74) is 1.42. The molecule has 7 nitrogen and oxygen atoms in total. The molecule has 1 aromatic carbocycles. The van der Waals surface area contributed by atoms with Gasteiger partial charge in [-0.25, -0.2) is 9.59 Å². The first kappa shape index (κ1) is 16.2. The lowest BCUT2D eigenvalue weighted by Gasteiger charge is -2.30. The van der Waals surface area contributed by atoms with E-state index in [-0.39, 0.29) is 24.3 Å². The lowest BCUT2D eigenvalue weighted by atomic mass is 10.2. The van der Waals surface area contributed by atoms with Crippen LogP contribution in [0.4, 0.5) is 21.0 Å². The van der Waals surface area contributed by atoms with Gasteiger partial charge < -0.3 is 19.7 Å².